The highest BCUT2D eigenvalue weighted by Gasteiger charge is 2.14. The maximum Gasteiger partial charge on any atom is 0.0112 e. The molecule has 0 aromatic carbocycles. The third kappa shape index (κ3) is 1.92. The Balaban J connectivity index is 2.23. The highest BCUT2D eigenvalue weighted by molar-refractivity contribution is 14.1. The van der Waals surface area contributed by atoms with Crippen molar-refractivity contribution in [2.45, 2.75) is 36.5 Å². The fourth-order valence-electron chi connectivity index (χ4n) is 1.36. The summed E-state index contributed by atoms with van der Waals surface area (Å²) in [5, 5.41) is 0. The van der Waals surface area contributed by atoms with Gasteiger partial charge in [-0.15, -0.1) is 0 Å². The molecule has 1 unspecified atom stereocenters. The van der Waals surface area contributed by atoms with E-state index < -0.39 is 0 Å². The molecular weight excluding hydrogens is 211 g/mol. The van der Waals surface area contributed by atoms with Gasteiger partial charge in [0.15, 0.2) is 0 Å². The van der Waals surface area contributed by atoms with Gasteiger partial charge in [0, 0.05) is 3.92 Å². The molecule has 1 fully saturated rings. The van der Waals surface area contributed by atoms with Crippen molar-refractivity contribution in [3.8, 4) is 0 Å². The summed E-state index contributed by atoms with van der Waals surface area (Å²) < 4.78 is 0.983. The smallest absolute Gasteiger partial charge is 0.0112 e. The lowest BCUT2D eigenvalue weighted by molar-refractivity contribution is 0.402. The molecule has 0 saturated heterocycles. The van der Waals surface area contributed by atoms with Crippen molar-refractivity contribution >= 4 is 22.6 Å². The van der Waals surface area contributed by atoms with Crippen LogP contribution >= 0.6 is 22.6 Å². The quantitative estimate of drug-likeness (QED) is 0.438. The van der Waals surface area contributed by atoms with Gasteiger partial charge in [-0.05, 0) is 18.8 Å². The van der Waals surface area contributed by atoms with Gasteiger partial charge in [-0.1, -0.05) is 42.4 Å². The Hall–Kier alpha value is 0.730. The summed E-state index contributed by atoms with van der Waals surface area (Å²) in [5.41, 5.74) is 0. The molecule has 0 aromatic heterocycles. The molecule has 1 aliphatic rings. The minimum atomic E-state index is 0.983. The van der Waals surface area contributed by atoms with Gasteiger partial charge in [0.2, 0.25) is 0 Å². The Morgan fingerprint density at radius 1 is 1.38 bits per heavy atom. The first kappa shape index (κ1) is 6.84. The summed E-state index contributed by atoms with van der Waals surface area (Å²) in [6, 6.07) is 0. The Bertz CT molecular complexity index is 62.8. The molecule has 0 bridgehead atoms. The topological polar surface area (TPSA) is 0 Å². The average Bonchev–Trinajstić information content (AvgIpc) is 1.64. The van der Waals surface area contributed by atoms with E-state index in [1.54, 1.807) is 0 Å². The molecule has 1 rings (SSSR count). The maximum atomic E-state index is 2.57. The van der Waals surface area contributed by atoms with Crippen molar-refractivity contribution in [1.29, 1.82) is 0 Å². The molecule has 0 heterocycles. The summed E-state index contributed by atoms with van der Waals surface area (Å²) in [4.78, 5) is 0. The van der Waals surface area contributed by atoms with Crippen LogP contribution in [-0.4, -0.2) is 3.92 Å². The minimum absolute atomic E-state index is 0.983. The van der Waals surface area contributed by atoms with Crippen LogP contribution in [-0.2, 0) is 0 Å². The highest BCUT2D eigenvalue weighted by atomic mass is 127. The standard InChI is InChI=1S/C7H13I/c1-6-3-2-4-7(8)5-6/h6-7H,2-5H2,1H3/t6?,7-/m0/s1. The normalized spacial score (nSPS) is 39.8. The summed E-state index contributed by atoms with van der Waals surface area (Å²) in [7, 11) is 0. The third-order valence-corrected chi connectivity index (χ3v) is 3.00. The minimum Gasteiger partial charge on any atom is -0.0826 e. The molecule has 8 heavy (non-hydrogen) atoms. The molecule has 1 saturated carbocycles. The lowest BCUT2D eigenvalue weighted by atomic mass is 9.91. The van der Waals surface area contributed by atoms with E-state index in [1.165, 1.54) is 25.7 Å². The molecule has 1 heteroatoms. The van der Waals surface area contributed by atoms with Crippen molar-refractivity contribution in [1.82, 2.24) is 0 Å². The van der Waals surface area contributed by atoms with E-state index in [4.69, 9.17) is 0 Å². The fourth-order valence-corrected chi connectivity index (χ4v) is 2.67. The number of hydrogen-bond donors (Lipinski definition) is 0. The summed E-state index contributed by atoms with van der Waals surface area (Å²) in [6.07, 6.45) is 5.86. The Labute approximate surface area is 65.2 Å². The van der Waals surface area contributed by atoms with Crippen LogP contribution in [0.15, 0.2) is 0 Å². The average molecular weight is 224 g/mol. The second kappa shape index (κ2) is 3.04. The fraction of sp³-hybridized carbons (Fsp3) is 1.00. The first-order chi connectivity index (χ1) is 3.79. The zero-order chi connectivity index (χ0) is 5.98. The molecule has 0 aromatic rings. The number of rotatable bonds is 0. The molecule has 0 radical (unpaired) electrons. The predicted molar refractivity (Wildman–Crippen MR) is 45.4 cm³/mol. The first-order valence-electron chi connectivity index (χ1n) is 3.43. The van der Waals surface area contributed by atoms with E-state index in [9.17, 15) is 0 Å². The van der Waals surface area contributed by atoms with Gasteiger partial charge in [0.1, 0.15) is 0 Å². The molecule has 0 spiro atoms. The van der Waals surface area contributed by atoms with Crippen molar-refractivity contribution in [3.05, 3.63) is 0 Å². The van der Waals surface area contributed by atoms with E-state index in [1.807, 2.05) is 0 Å². The van der Waals surface area contributed by atoms with Crippen LogP contribution in [0.5, 0.6) is 0 Å². The molecule has 48 valence electrons. The monoisotopic (exact) mass is 224 g/mol. The van der Waals surface area contributed by atoms with E-state index in [2.05, 4.69) is 29.5 Å². The van der Waals surface area contributed by atoms with E-state index in [-0.39, 0.29) is 0 Å². The van der Waals surface area contributed by atoms with Crippen molar-refractivity contribution in [3.63, 3.8) is 0 Å². The van der Waals surface area contributed by atoms with E-state index in [0.29, 0.717) is 0 Å². The van der Waals surface area contributed by atoms with Crippen molar-refractivity contribution in [2.24, 2.45) is 5.92 Å². The lowest BCUT2D eigenvalue weighted by Gasteiger charge is -2.21. The molecule has 0 amide bonds. The highest BCUT2D eigenvalue weighted by Crippen LogP contribution is 2.28. The van der Waals surface area contributed by atoms with Crippen LogP contribution in [0.2, 0.25) is 0 Å². The van der Waals surface area contributed by atoms with Crippen LogP contribution in [0.3, 0.4) is 0 Å². The van der Waals surface area contributed by atoms with Gasteiger partial charge in [-0.25, -0.2) is 0 Å². The van der Waals surface area contributed by atoms with E-state index >= 15 is 0 Å². The second-order valence-corrected chi connectivity index (χ2v) is 4.63. The first-order valence-corrected chi connectivity index (χ1v) is 4.67. The summed E-state index contributed by atoms with van der Waals surface area (Å²) in [6.45, 7) is 2.37. The maximum absolute atomic E-state index is 2.57. The van der Waals surface area contributed by atoms with E-state index in [0.717, 1.165) is 9.84 Å². The zero-order valence-corrected chi connectivity index (χ0v) is 7.52. The van der Waals surface area contributed by atoms with Crippen LogP contribution in [0.4, 0.5) is 0 Å². The number of halogens is 1. The number of alkyl halides is 1. The Kier molecular flexibility index (Phi) is 2.60. The van der Waals surface area contributed by atoms with Gasteiger partial charge >= 0.3 is 0 Å². The zero-order valence-electron chi connectivity index (χ0n) is 5.36. The van der Waals surface area contributed by atoms with Gasteiger partial charge < -0.3 is 0 Å². The van der Waals surface area contributed by atoms with Crippen LogP contribution in [0.1, 0.15) is 32.6 Å². The molecule has 0 aliphatic heterocycles. The molecular formula is C7H13I. The van der Waals surface area contributed by atoms with Crippen molar-refractivity contribution < 1.29 is 0 Å². The van der Waals surface area contributed by atoms with Gasteiger partial charge in [0.25, 0.3) is 0 Å². The SMILES string of the molecule is CC1CCC[C@H](I)C1. The van der Waals surface area contributed by atoms with Gasteiger partial charge in [0.05, 0.1) is 0 Å². The largest absolute Gasteiger partial charge is 0.0826 e. The number of hydrogen-bond acceptors (Lipinski definition) is 0. The Morgan fingerprint density at radius 3 is 2.50 bits per heavy atom. The second-order valence-electron chi connectivity index (χ2n) is 2.87. The third-order valence-electron chi connectivity index (χ3n) is 1.87. The van der Waals surface area contributed by atoms with Crippen LogP contribution in [0.25, 0.3) is 0 Å². The van der Waals surface area contributed by atoms with Gasteiger partial charge in [-0.3, -0.25) is 0 Å². The summed E-state index contributed by atoms with van der Waals surface area (Å²) in [5.74, 6) is 1.01. The van der Waals surface area contributed by atoms with Gasteiger partial charge in [-0.2, -0.15) is 0 Å². The molecule has 0 nitrogen and oxygen atoms in total. The molecule has 1 aliphatic carbocycles. The summed E-state index contributed by atoms with van der Waals surface area (Å²) >= 11 is 2.57. The van der Waals surface area contributed by atoms with Crippen LogP contribution in [0, 0.1) is 5.92 Å². The Morgan fingerprint density at radius 2 is 2.12 bits per heavy atom. The molecule has 2 atom stereocenters. The molecule has 0 N–H and O–H groups in total. The van der Waals surface area contributed by atoms with Crippen molar-refractivity contribution in [2.75, 3.05) is 0 Å². The predicted octanol–water partition coefficient (Wildman–Crippen LogP) is 3.00. The lowest BCUT2D eigenvalue weighted by Crippen LogP contribution is -2.11. The van der Waals surface area contributed by atoms with Crippen LogP contribution < -0.4 is 0 Å².